The summed E-state index contributed by atoms with van der Waals surface area (Å²) in [6.45, 7) is 6.34. The van der Waals surface area contributed by atoms with Crippen molar-refractivity contribution < 1.29 is 0 Å². The predicted molar refractivity (Wildman–Crippen MR) is 81.4 cm³/mol. The van der Waals surface area contributed by atoms with Crippen LogP contribution < -0.4 is 5.32 Å². The van der Waals surface area contributed by atoms with Crippen molar-refractivity contribution in [1.82, 2.24) is 10.2 Å². The average molecular weight is 264 g/mol. The number of likely N-dealkylation sites (tertiary alicyclic amines) is 1. The Hall–Kier alpha value is -0.0800. The number of nitrogens with one attached hydrogen (secondary N) is 1. The molecule has 2 heterocycles. The number of hydrogen-bond donors (Lipinski definition) is 1. The molecule has 2 heteroatoms. The topological polar surface area (TPSA) is 15.3 Å². The first-order chi connectivity index (χ1) is 9.36. The average Bonchev–Trinajstić information content (AvgIpc) is 2.72. The molecule has 2 nitrogen and oxygen atoms in total. The second-order valence-electron chi connectivity index (χ2n) is 7.23. The van der Waals surface area contributed by atoms with Crippen LogP contribution in [0.4, 0.5) is 0 Å². The third-order valence-corrected chi connectivity index (χ3v) is 5.90. The zero-order valence-electron chi connectivity index (χ0n) is 12.7. The fraction of sp³-hybridized carbons (Fsp3) is 1.00. The van der Waals surface area contributed by atoms with E-state index in [0.717, 1.165) is 23.9 Å². The largest absolute Gasteiger partial charge is 0.312 e. The smallest absolute Gasteiger partial charge is 0.0235 e. The standard InChI is InChI=1S/C17H32N2/c1-2-5-14-6-3-8-16(10-9-14)19-12-15-7-4-11-18-17(15)13-19/h14-18H,2-13H2,1H3. The first-order valence-electron chi connectivity index (χ1n) is 8.84. The van der Waals surface area contributed by atoms with E-state index in [9.17, 15) is 0 Å². The Morgan fingerprint density at radius 3 is 2.79 bits per heavy atom. The van der Waals surface area contributed by atoms with Crippen LogP contribution in [0.25, 0.3) is 0 Å². The van der Waals surface area contributed by atoms with Crippen LogP contribution in [0.1, 0.15) is 64.7 Å². The van der Waals surface area contributed by atoms with Crippen LogP contribution in [0.3, 0.4) is 0 Å². The molecule has 2 aliphatic heterocycles. The van der Waals surface area contributed by atoms with E-state index >= 15 is 0 Å². The first-order valence-corrected chi connectivity index (χ1v) is 8.84. The zero-order chi connectivity index (χ0) is 13.1. The molecular formula is C17H32N2. The SMILES string of the molecule is CCCC1CCCC(N2CC3CCCNC3C2)CC1. The minimum absolute atomic E-state index is 0.823. The molecule has 0 bridgehead atoms. The van der Waals surface area contributed by atoms with Gasteiger partial charge in [-0.25, -0.2) is 0 Å². The van der Waals surface area contributed by atoms with Crippen molar-refractivity contribution >= 4 is 0 Å². The van der Waals surface area contributed by atoms with Gasteiger partial charge < -0.3 is 5.32 Å². The number of nitrogens with zero attached hydrogens (tertiary/aromatic N) is 1. The summed E-state index contributed by atoms with van der Waals surface area (Å²) in [4.78, 5) is 2.85. The Kier molecular flexibility index (Phi) is 4.81. The van der Waals surface area contributed by atoms with Gasteiger partial charge in [0.2, 0.25) is 0 Å². The summed E-state index contributed by atoms with van der Waals surface area (Å²) in [6.07, 6.45) is 13.2. The van der Waals surface area contributed by atoms with E-state index in [1.807, 2.05) is 0 Å². The van der Waals surface area contributed by atoms with Crippen molar-refractivity contribution in [2.24, 2.45) is 11.8 Å². The van der Waals surface area contributed by atoms with E-state index in [0.29, 0.717) is 0 Å². The van der Waals surface area contributed by atoms with Crippen molar-refractivity contribution in [3.05, 3.63) is 0 Å². The van der Waals surface area contributed by atoms with Gasteiger partial charge in [0.25, 0.3) is 0 Å². The van der Waals surface area contributed by atoms with Crippen LogP contribution in [0, 0.1) is 11.8 Å². The molecule has 3 aliphatic rings. The molecular weight excluding hydrogens is 232 g/mol. The van der Waals surface area contributed by atoms with Crippen molar-refractivity contribution in [1.29, 1.82) is 0 Å². The molecule has 19 heavy (non-hydrogen) atoms. The number of piperidine rings is 1. The van der Waals surface area contributed by atoms with E-state index in [4.69, 9.17) is 0 Å². The van der Waals surface area contributed by atoms with Gasteiger partial charge in [0.05, 0.1) is 0 Å². The summed E-state index contributed by atoms with van der Waals surface area (Å²) in [5.41, 5.74) is 0. The van der Waals surface area contributed by atoms with E-state index in [2.05, 4.69) is 17.1 Å². The quantitative estimate of drug-likeness (QED) is 0.786. The molecule has 110 valence electrons. The van der Waals surface area contributed by atoms with Gasteiger partial charge in [0.15, 0.2) is 0 Å². The number of rotatable bonds is 3. The third kappa shape index (κ3) is 3.33. The third-order valence-electron chi connectivity index (χ3n) is 5.90. The molecule has 4 atom stereocenters. The number of fused-ring (bicyclic) bond motifs is 1. The van der Waals surface area contributed by atoms with Crippen LogP contribution in [-0.4, -0.2) is 36.6 Å². The Balaban J connectivity index is 1.52. The highest BCUT2D eigenvalue weighted by Crippen LogP contribution is 2.33. The Morgan fingerprint density at radius 1 is 1.00 bits per heavy atom. The van der Waals surface area contributed by atoms with Gasteiger partial charge in [-0.3, -0.25) is 4.90 Å². The van der Waals surface area contributed by atoms with Crippen LogP contribution in [0.2, 0.25) is 0 Å². The molecule has 1 aliphatic carbocycles. The minimum Gasteiger partial charge on any atom is -0.312 e. The molecule has 4 unspecified atom stereocenters. The zero-order valence-corrected chi connectivity index (χ0v) is 12.7. The van der Waals surface area contributed by atoms with Crippen molar-refractivity contribution in [2.45, 2.75) is 76.8 Å². The summed E-state index contributed by atoms with van der Waals surface area (Å²) in [5.74, 6) is 2.00. The molecule has 0 amide bonds. The highest BCUT2D eigenvalue weighted by Gasteiger charge is 2.37. The molecule has 3 rings (SSSR count). The fourth-order valence-electron chi connectivity index (χ4n) is 4.80. The monoisotopic (exact) mass is 264 g/mol. The van der Waals surface area contributed by atoms with Crippen LogP contribution in [0.5, 0.6) is 0 Å². The molecule has 1 saturated carbocycles. The van der Waals surface area contributed by atoms with Gasteiger partial charge in [-0.1, -0.05) is 32.6 Å². The van der Waals surface area contributed by atoms with E-state index in [1.54, 1.807) is 0 Å². The van der Waals surface area contributed by atoms with Crippen LogP contribution in [-0.2, 0) is 0 Å². The second kappa shape index (κ2) is 6.58. The van der Waals surface area contributed by atoms with Gasteiger partial charge in [-0.15, -0.1) is 0 Å². The normalized spacial score (nSPS) is 40.9. The lowest BCUT2D eigenvalue weighted by Crippen LogP contribution is -2.41. The van der Waals surface area contributed by atoms with Crippen LogP contribution >= 0.6 is 0 Å². The maximum absolute atomic E-state index is 3.75. The van der Waals surface area contributed by atoms with Gasteiger partial charge in [-0.2, -0.15) is 0 Å². The Morgan fingerprint density at radius 2 is 1.95 bits per heavy atom. The molecule has 0 radical (unpaired) electrons. The first kappa shape index (κ1) is 13.9. The van der Waals surface area contributed by atoms with Crippen molar-refractivity contribution in [3.8, 4) is 0 Å². The Labute approximate surface area is 119 Å². The van der Waals surface area contributed by atoms with Crippen LogP contribution in [0.15, 0.2) is 0 Å². The molecule has 1 N–H and O–H groups in total. The predicted octanol–water partition coefficient (Wildman–Crippen LogP) is 3.42. The molecule has 0 aromatic heterocycles. The summed E-state index contributed by atoms with van der Waals surface area (Å²) in [6, 6.07) is 1.73. The van der Waals surface area contributed by atoms with E-state index < -0.39 is 0 Å². The number of hydrogen-bond acceptors (Lipinski definition) is 2. The molecule has 0 aromatic rings. The maximum atomic E-state index is 3.75. The van der Waals surface area contributed by atoms with Crippen molar-refractivity contribution in [3.63, 3.8) is 0 Å². The fourth-order valence-corrected chi connectivity index (χ4v) is 4.80. The second-order valence-corrected chi connectivity index (χ2v) is 7.23. The highest BCUT2D eigenvalue weighted by molar-refractivity contribution is 4.94. The summed E-state index contributed by atoms with van der Waals surface area (Å²) < 4.78 is 0. The van der Waals surface area contributed by atoms with Crippen molar-refractivity contribution in [2.75, 3.05) is 19.6 Å². The van der Waals surface area contributed by atoms with E-state index in [1.165, 1.54) is 77.4 Å². The van der Waals surface area contributed by atoms with Gasteiger partial charge in [-0.05, 0) is 50.5 Å². The summed E-state index contributed by atoms with van der Waals surface area (Å²) >= 11 is 0. The lowest BCUT2D eigenvalue weighted by Gasteiger charge is -2.27. The van der Waals surface area contributed by atoms with Gasteiger partial charge in [0, 0.05) is 25.2 Å². The lowest BCUT2D eigenvalue weighted by molar-refractivity contribution is 0.209. The lowest BCUT2D eigenvalue weighted by atomic mass is 9.94. The van der Waals surface area contributed by atoms with E-state index in [-0.39, 0.29) is 0 Å². The molecule has 2 saturated heterocycles. The molecule has 0 aromatic carbocycles. The highest BCUT2D eigenvalue weighted by atomic mass is 15.2. The minimum atomic E-state index is 0.823. The summed E-state index contributed by atoms with van der Waals surface area (Å²) in [7, 11) is 0. The molecule has 0 spiro atoms. The summed E-state index contributed by atoms with van der Waals surface area (Å²) in [5, 5.41) is 3.75. The maximum Gasteiger partial charge on any atom is 0.0235 e. The van der Waals surface area contributed by atoms with Gasteiger partial charge >= 0.3 is 0 Å². The molecule has 3 fully saturated rings. The Bertz CT molecular complexity index is 264. The van der Waals surface area contributed by atoms with Gasteiger partial charge in [0.1, 0.15) is 0 Å².